The Balaban J connectivity index is 2.18. The van der Waals surface area contributed by atoms with E-state index in [1.807, 2.05) is 0 Å². The van der Waals surface area contributed by atoms with E-state index in [9.17, 15) is 40.5 Å². The molecule has 0 spiro atoms. The number of carbonyl (C=O) groups is 1. The number of hydrogen-bond donors (Lipinski definition) is 8. The van der Waals surface area contributed by atoms with Crippen molar-refractivity contribution >= 4 is 5.91 Å². The molecule has 1 fully saturated rings. The highest BCUT2D eigenvalue weighted by atomic mass is 16.7. The first kappa shape index (κ1) is 73.3. The van der Waals surface area contributed by atoms with Crippen LogP contribution in [0.1, 0.15) is 309 Å². The first-order valence-corrected chi connectivity index (χ1v) is 32.9. The Hall–Kier alpha value is -1.67. The molecule has 1 amide bonds. The van der Waals surface area contributed by atoms with E-state index in [0.29, 0.717) is 19.3 Å². The number of rotatable bonds is 57. The smallest absolute Gasteiger partial charge is 0.249 e. The van der Waals surface area contributed by atoms with E-state index in [0.717, 1.165) is 38.5 Å². The Morgan fingerprint density at radius 3 is 1.16 bits per heavy atom. The summed E-state index contributed by atoms with van der Waals surface area (Å²) in [6.45, 7) is 3.46. The van der Waals surface area contributed by atoms with Gasteiger partial charge in [-0.1, -0.05) is 269 Å². The van der Waals surface area contributed by atoms with Crippen molar-refractivity contribution in [1.82, 2.24) is 5.32 Å². The maximum absolute atomic E-state index is 13.2. The molecule has 0 saturated carbocycles. The van der Waals surface area contributed by atoms with Crippen LogP contribution in [-0.2, 0) is 14.3 Å². The van der Waals surface area contributed by atoms with E-state index in [1.165, 1.54) is 225 Å². The lowest BCUT2D eigenvalue weighted by Crippen LogP contribution is -2.60. The average molecular weight is 1090 g/mol. The molecule has 11 nitrogen and oxygen atoms in total. The zero-order valence-electron chi connectivity index (χ0n) is 50.0. The monoisotopic (exact) mass is 1090 g/mol. The van der Waals surface area contributed by atoms with Crippen molar-refractivity contribution in [1.29, 1.82) is 0 Å². The lowest BCUT2D eigenvalue weighted by molar-refractivity contribution is -0.303. The summed E-state index contributed by atoms with van der Waals surface area (Å²) in [6.07, 6.45) is 58.1. The molecular formula is C66H125NO10. The normalized spacial score (nSPS) is 19.7. The van der Waals surface area contributed by atoms with E-state index < -0.39 is 74.2 Å². The highest BCUT2D eigenvalue weighted by Crippen LogP contribution is 2.24. The average Bonchev–Trinajstić information content (AvgIpc) is 3.43. The molecule has 0 radical (unpaired) electrons. The molecule has 0 aliphatic carbocycles. The summed E-state index contributed by atoms with van der Waals surface area (Å²) in [7, 11) is 0. The lowest BCUT2D eigenvalue weighted by atomic mass is 9.98. The van der Waals surface area contributed by atoms with Gasteiger partial charge in [0, 0.05) is 0 Å². The summed E-state index contributed by atoms with van der Waals surface area (Å²) >= 11 is 0. The van der Waals surface area contributed by atoms with Gasteiger partial charge in [-0.05, 0) is 77.0 Å². The number of ether oxygens (including phenoxy) is 2. The first-order valence-electron chi connectivity index (χ1n) is 32.9. The molecule has 9 unspecified atom stereocenters. The summed E-state index contributed by atoms with van der Waals surface area (Å²) in [5, 5.41) is 76.2. The third-order valence-electron chi connectivity index (χ3n) is 15.9. The first-order chi connectivity index (χ1) is 37.7. The fourth-order valence-corrected chi connectivity index (χ4v) is 10.6. The quantitative estimate of drug-likeness (QED) is 0.0215. The van der Waals surface area contributed by atoms with Crippen LogP contribution in [0.25, 0.3) is 0 Å². The Kier molecular flexibility index (Phi) is 52.3. The van der Waals surface area contributed by atoms with Gasteiger partial charge in [-0.3, -0.25) is 4.79 Å². The number of hydrogen-bond acceptors (Lipinski definition) is 10. The molecule has 8 N–H and O–H groups in total. The third-order valence-corrected chi connectivity index (χ3v) is 15.9. The van der Waals surface area contributed by atoms with Crippen LogP contribution in [0.3, 0.4) is 0 Å². The minimum absolute atomic E-state index is 0.247. The molecule has 1 heterocycles. The standard InChI is InChI=1S/C66H125NO10/c1-3-5-7-9-11-13-15-17-19-21-22-23-24-25-26-27-28-29-30-31-32-33-34-35-36-37-38-40-42-44-46-48-50-52-54-59(70)65(75)67-57(56-76-66-64(74)63(73)62(72)60(55-68)77-66)61(71)58(69)53-51-49-47-45-43-41-39-20-18-16-14-12-10-8-6-4-2/h20,27-28,39,45,47,57-64,66,68-74H,3-19,21-26,29-38,40-44,46,48-56H2,1-2H3,(H,67,75)/b28-27-,39-20+,47-45+. The SMILES string of the molecule is CCCCCCCCC/C=C/CC/C=C/CCCC(O)C(O)C(COC1OC(CO)C(O)C(O)C1O)NC(=O)C(O)CCCCCCCCCCCCCCCCCC/C=C\CCCCCCCCCCCCCCCC. The largest absolute Gasteiger partial charge is 0.394 e. The Morgan fingerprint density at radius 2 is 0.779 bits per heavy atom. The second-order valence-electron chi connectivity index (χ2n) is 23.2. The van der Waals surface area contributed by atoms with Gasteiger partial charge in [-0.2, -0.15) is 0 Å². The van der Waals surface area contributed by atoms with Gasteiger partial charge in [-0.25, -0.2) is 0 Å². The Labute approximate surface area is 473 Å². The molecule has 11 heteroatoms. The number of aliphatic hydroxyl groups is 7. The zero-order chi connectivity index (χ0) is 56.1. The van der Waals surface area contributed by atoms with Crippen molar-refractivity contribution in [3.8, 4) is 0 Å². The van der Waals surface area contributed by atoms with Gasteiger partial charge in [0.1, 0.15) is 36.6 Å². The minimum Gasteiger partial charge on any atom is -0.394 e. The predicted molar refractivity (Wildman–Crippen MR) is 321 cm³/mol. The highest BCUT2D eigenvalue weighted by Gasteiger charge is 2.44. The fourth-order valence-electron chi connectivity index (χ4n) is 10.6. The van der Waals surface area contributed by atoms with Crippen LogP contribution in [0.2, 0.25) is 0 Å². The number of carbonyl (C=O) groups excluding carboxylic acids is 1. The summed E-state index contributed by atoms with van der Waals surface area (Å²) in [5.74, 6) is -0.707. The molecule has 1 rings (SSSR count). The van der Waals surface area contributed by atoms with Crippen LogP contribution in [0.5, 0.6) is 0 Å². The molecular weight excluding hydrogens is 967 g/mol. The van der Waals surface area contributed by atoms with Crippen molar-refractivity contribution in [3.63, 3.8) is 0 Å². The molecule has 1 aliphatic rings. The van der Waals surface area contributed by atoms with Crippen LogP contribution in [0, 0.1) is 0 Å². The van der Waals surface area contributed by atoms with Gasteiger partial charge in [0.05, 0.1) is 25.4 Å². The maximum Gasteiger partial charge on any atom is 0.249 e. The number of nitrogens with one attached hydrogen (secondary N) is 1. The predicted octanol–water partition coefficient (Wildman–Crippen LogP) is 15.0. The van der Waals surface area contributed by atoms with Crippen molar-refractivity contribution < 1.29 is 50.0 Å². The van der Waals surface area contributed by atoms with E-state index in [2.05, 4.69) is 55.6 Å². The molecule has 0 aromatic heterocycles. The van der Waals surface area contributed by atoms with Crippen LogP contribution >= 0.6 is 0 Å². The summed E-state index contributed by atoms with van der Waals surface area (Å²) in [6, 6.07) is -1.19. The van der Waals surface area contributed by atoms with Crippen LogP contribution in [0.15, 0.2) is 36.5 Å². The molecule has 0 aromatic carbocycles. The van der Waals surface area contributed by atoms with Gasteiger partial charge >= 0.3 is 0 Å². The van der Waals surface area contributed by atoms with Gasteiger partial charge in [0.15, 0.2) is 6.29 Å². The Bertz CT molecular complexity index is 1350. The Morgan fingerprint density at radius 1 is 0.442 bits per heavy atom. The van der Waals surface area contributed by atoms with E-state index >= 15 is 0 Å². The molecule has 1 saturated heterocycles. The van der Waals surface area contributed by atoms with Gasteiger partial charge < -0.3 is 50.5 Å². The highest BCUT2D eigenvalue weighted by molar-refractivity contribution is 5.80. The third kappa shape index (κ3) is 42.8. The molecule has 9 atom stereocenters. The van der Waals surface area contributed by atoms with Gasteiger partial charge in [0.25, 0.3) is 0 Å². The summed E-state index contributed by atoms with van der Waals surface area (Å²) in [4.78, 5) is 13.2. The number of amides is 1. The number of aliphatic hydroxyl groups excluding tert-OH is 7. The van der Waals surface area contributed by atoms with Crippen molar-refractivity contribution in [3.05, 3.63) is 36.5 Å². The van der Waals surface area contributed by atoms with Crippen molar-refractivity contribution in [2.45, 2.75) is 364 Å². The minimum atomic E-state index is -1.67. The molecule has 77 heavy (non-hydrogen) atoms. The molecule has 454 valence electrons. The van der Waals surface area contributed by atoms with Gasteiger partial charge in [0.2, 0.25) is 5.91 Å². The van der Waals surface area contributed by atoms with Crippen molar-refractivity contribution in [2.24, 2.45) is 0 Å². The topological polar surface area (TPSA) is 189 Å². The number of unbranched alkanes of at least 4 members (excludes halogenated alkanes) is 39. The van der Waals surface area contributed by atoms with Crippen molar-refractivity contribution in [2.75, 3.05) is 13.2 Å². The van der Waals surface area contributed by atoms with E-state index in [4.69, 9.17) is 9.47 Å². The summed E-state index contributed by atoms with van der Waals surface area (Å²) in [5.41, 5.74) is 0. The van der Waals surface area contributed by atoms with Crippen LogP contribution in [-0.4, -0.2) is 110 Å². The van der Waals surface area contributed by atoms with E-state index in [1.54, 1.807) is 0 Å². The van der Waals surface area contributed by atoms with Gasteiger partial charge in [-0.15, -0.1) is 0 Å². The molecule has 0 aromatic rings. The maximum atomic E-state index is 13.2. The van der Waals surface area contributed by atoms with Crippen LogP contribution < -0.4 is 5.32 Å². The van der Waals surface area contributed by atoms with Crippen LogP contribution in [0.4, 0.5) is 0 Å². The molecule has 0 bridgehead atoms. The second-order valence-corrected chi connectivity index (χ2v) is 23.2. The molecule has 1 aliphatic heterocycles. The summed E-state index contributed by atoms with van der Waals surface area (Å²) < 4.78 is 11.1. The number of allylic oxidation sites excluding steroid dienone is 6. The lowest BCUT2D eigenvalue weighted by Gasteiger charge is -2.40. The zero-order valence-corrected chi connectivity index (χ0v) is 50.0. The van der Waals surface area contributed by atoms with E-state index in [-0.39, 0.29) is 12.8 Å². The second kappa shape index (κ2) is 54.9. The fraction of sp³-hybridized carbons (Fsp3) is 0.894.